The van der Waals surface area contributed by atoms with Gasteiger partial charge in [0.2, 0.25) is 0 Å². The number of aromatic nitrogens is 2. The van der Waals surface area contributed by atoms with E-state index in [1.54, 1.807) is 11.8 Å². The summed E-state index contributed by atoms with van der Waals surface area (Å²) in [4.78, 5) is 10.2. The molecule has 0 fully saturated rings. The van der Waals surface area contributed by atoms with Crippen molar-refractivity contribution in [1.82, 2.24) is 9.97 Å². The number of thioether (sulfide) groups is 1. The highest BCUT2D eigenvalue weighted by atomic mass is 35.5. The van der Waals surface area contributed by atoms with E-state index in [1.807, 2.05) is 25.1 Å². The minimum absolute atomic E-state index is 0.146. The smallest absolute Gasteiger partial charge is 0.138 e. The Morgan fingerprint density at radius 2 is 1.81 bits per heavy atom. The standard InChI is InChI=1S/C16H20ClN3S/c1-10-13(17)19-15(16(2,3)4)20-14(10)18-11-8-6-7-9-12(11)21-5/h6-9H,1-5H3,(H,18,19,20). The molecule has 2 rings (SSSR count). The largest absolute Gasteiger partial charge is 0.339 e. The molecule has 21 heavy (non-hydrogen) atoms. The van der Waals surface area contributed by atoms with Crippen LogP contribution in [0.15, 0.2) is 29.2 Å². The summed E-state index contributed by atoms with van der Waals surface area (Å²) in [7, 11) is 0. The highest BCUT2D eigenvalue weighted by molar-refractivity contribution is 7.98. The zero-order chi connectivity index (χ0) is 15.6. The molecule has 1 aromatic heterocycles. The van der Waals surface area contributed by atoms with E-state index in [1.165, 1.54) is 4.90 Å². The van der Waals surface area contributed by atoms with Gasteiger partial charge in [-0.15, -0.1) is 11.8 Å². The summed E-state index contributed by atoms with van der Waals surface area (Å²) in [5.41, 5.74) is 1.75. The number of anilines is 2. The average Bonchev–Trinajstić information content (AvgIpc) is 2.43. The fourth-order valence-electron chi connectivity index (χ4n) is 1.82. The first kappa shape index (κ1) is 16.1. The minimum atomic E-state index is -0.146. The summed E-state index contributed by atoms with van der Waals surface area (Å²) in [6.07, 6.45) is 2.06. The summed E-state index contributed by atoms with van der Waals surface area (Å²) in [5, 5.41) is 3.89. The Bertz CT molecular complexity index is 650. The number of hydrogen-bond donors (Lipinski definition) is 1. The van der Waals surface area contributed by atoms with Crippen LogP contribution in [0.25, 0.3) is 0 Å². The maximum atomic E-state index is 6.27. The minimum Gasteiger partial charge on any atom is -0.339 e. The number of nitrogens with one attached hydrogen (secondary N) is 1. The summed E-state index contributed by atoms with van der Waals surface area (Å²) in [6, 6.07) is 8.15. The number of hydrogen-bond acceptors (Lipinski definition) is 4. The van der Waals surface area contributed by atoms with Crippen LogP contribution in [0.4, 0.5) is 11.5 Å². The highest BCUT2D eigenvalue weighted by Crippen LogP contribution is 2.31. The van der Waals surface area contributed by atoms with Crippen molar-refractivity contribution >= 4 is 34.9 Å². The molecule has 0 aliphatic carbocycles. The van der Waals surface area contributed by atoms with Crippen molar-refractivity contribution in [2.75, 3.05) is 11.6 Å². The quantitative estimate of drug-likeness (QED) is 0.622. The van der Waals surface area contributed by atoms with Crippen LogP contribution in [0.2, 0.25) is 5.15 Å². The fraction of sp³-hybridized carbons (Fsp3) is 0.375. The molecule has 5 heteroatoms. The van der Waals surface area contributed by atoms with Crippen molar-refractivity contribution in [1.29, 1.82) is 0 Å². The van der Waals surface area contributed by atoms with Crippen molar-refractivity contribution in [3.8, 4) is 0 Å². The van der Waals surface area contributed by atoms with Gasteiger partial charge in [0.05, 0.1) is 5.69 Å². The molecule has 0 atom stereocenters. The van der Waals surface area contributed by atoms with E-state index < -0.39 is 0 Å². The van der Waals surface area contributed by atoms with Crippen molar-refractivity contribution in [2.24, 2.45) is 0 Å². The molecule has 0 aliphatic heterocycles. The molecule has 2 aromatic rings. The van der Waals surface area contributed by atoms with Gasteiger partial charge < -0.3 is 5.32 Å². The summed E-state index contributed by atoms with van der Waals surface area (Å²) < 4.78 is 0. The second-order valence-electron chi connectivity index (χ2n) is 5.89. The molecule has 3 nitrogen and oxygen atoms in total. The van der Waals surface area contributed by atoms with Gasteiger partial charge in [0.1, 0.15) is 16.8 Å². The number of benzene rings is 1. The topological polar surface area (TPSA) is 37.8 Å². The molecule has 0 amide bonds. The predicted molar refractivity (Wildman–Crippen MR) is 92.0 cm³/mol. The number of para-hydroxylation sites is 1. The lowest BCUT2D eigenvalue weighted by atomic mass is 9.95. The molecule has 0 bridgehead atoms. The second-order valence-corrected chi connectivity index (χ2v) is 7.09. The van der Waals surface area contributed by atoms with E-state index in [-0.39, 0.29) is 5.41 Å². The first-order valence-electron chi connectivity index (χ1n) is 6.77. The van der Waals surface area contributed by atoms with E-state index in [0.29, 0.717) is 5.15 Å². The zero-order valence-electron chi connectivity index (χ0n) is 13.0. The third-order valence-electron chi connectivity index (χ3n) is 3.12. The van der Waals surface area contributed by atoms with E-state index in [2.05, 4.69) is 48.4 Å². The van der Waals surface area contributed by atoms with Crippen LogP contribution in [-0.2, 0) is 5.41 Å². The van der Waals surface area contributed by atoms with Gasteiger partial charge in [-0.2, -0.15) is 0 Å². The molecule has 0 saturated carbocycles. The van der Waals surface area contributed by atoms with Crippen LogP contribution >= 0.6 is 23.4 Å². The summed E-state index contributed by atoms with van der Waals surface area (Å²) in [5.74, 6) is 1.50. The Morgan fingerprint density at radius 1 is 1.14 bits per heavy atom. The van der Waals surface area contributed by atoms with Gasteiger partial charge in [0, 0.05) is 15.9 Å². The van der Waals surface area contributed by atoms with Gasteiger partial charge in [-0.25, -0.2) is 9.97 Å². The molecule has 0 saturated heterocycles. The molecule has 0 unspecified atom stereocenters. The number of halogens is 1. The molecule has 1 heterocycles. The van der Waals surface area contributed by atoms with E-state index in [0.717, 1.165) is 22.9 Å². The third-order valence-corrected chi connectivity index (χ3v) is 4.28. The lowest BCUT2D eigenvalue weighted by Crippen LogP contribution is -2.17. The van der Waals surface area contributed by atoms with Crippen LogP contribution in [-0.4, -0.2) is 16.2 Å². The van der Waals surface area contributed by atoms with Gasteiger partial charge in [-0.05, 0) is 25.3 Å². The second kappa shape index (κ2) is 6.24. The molecule has 0 spiro atoms. The van der Waals surface area contributed by atoms with Crippen LogP contribution in [0, 0.1) is 6.92 Å². The van der Waals surface area contributed by atoms with E-state index in [9.17, 15) is 0 Å². The monoisotopic (exact) mass is 321 g/mol. The lowest BCUT2D eigenvalue weighted by Gasteiger charge is -2.20. The van der Waals surface area contributed by atoms with Crippen molar-refractivity contribution < 1.29 is 0 Å². The normalized spacial score (nSPS) is 11.5. The van der Waals surface area contributed by atoms with Crippen LogP contribution in [0.1, 0.15) is 32.2 Å². The lowest BCUT2D eigenvalue weighted by molar-refractivity contribution is 0.545. The summed E-state index contributed by atoms with van der Waals surface area (Å²) in [6.45, 7) is 8.16. The van der Waals surface area contributed by atoms with Crippen molar-refractivity contribution in [3.05, 3.63) is 40.8 Å². The molecule has 0 aliphatic rings. The van der Waals surface area contributed by atoms with Gasteiger partial charge in [-0.3, -0.25) is 0 Å². The number of rotatable bonds is 3. The highest BCUT2D eigenvalue weighted by Gasteiger charge is 2.21. The van der Waals surface area contributed by atoms with E-state index in [4.69, 9.17) is 11.6 Å². The Morgan fingerprint density at radius 3 is 2.43 bits per heavy atom. The molecular formula is C16H20ClN3S. The number of nitrogens with zero attached hydrogens (tertiary/aromatic N) is 2. The maximum Gasteiger partial charge on any atom is 0.138 e. The van der Waals surface area contributed by atoms with Crippen molar-refractivity contribution in [3.63, 3.8) is 0 Å². The van der Waals surface area contributed by atoms with Crippen molar-refractivity contribution in [2.45, 2.75) is 38.0 Å². The van der Waals surface area contributed by atoms with Gasteiger partial charge in [0.15, 0.2) is 0 Å². The first-order valence-corrected chi connectivity index (χ1v) is 8.38. The molecule has 1 N–H and O–H groups in total. The Hall–Kier alpha value is -1.26. The predicted octanol–water partition coefficient (Wildman–Crippen LogP) is 5.20. The average molecular weight is 322 g/mol. The molecule has 1 aromatic carbocycles. The molecular weight excluding hydrogens is 302 g/mol. The molecule has 0 radical (unpaired) electrons. The van der Waals surface area contributed by atoms with Gasteiger partial charge in [0.25, 0.3) is 0 Å². The fourth-order valence-corrected chi connectivity index (χ4v) is 2.55. The zero-order valence-corrected chi connectivity index (χ0v) is 14.6. The van der Waals surface area contributed by atoms with Crippen LogP contribution < -0.4 is 5.32 Å². The molecule has 112 valence electrons. The van der Waals surface area contributed by atoms with E-state index >= 15 is 0 Å². The van der Waals surface area contributed by atoms with Gasteiger partial charge >= 0.3 is 0 Å². The van der Waals surface area contributed by atoms with Crippen LogP contribution in [0.3, 0.4) is 0 Å². The SMILES string of the molecule is CSc1ccccc1Nc1nc(C(C)(C)C)nc(Cl)c1C. The Labute approximate surface area is 135 Å². The first-order chi connectivity index (χ1) is 9.82. The Balaban J connectivity index is 2.46. The maximum absolute atomic E-state index is 6.27. The summed E-state index contributed by atoms with van der Waals surface area (Å²) >= 11 is 7.96. The van der Waals surface area contributed by atoms with Crippen LogP contribution in [0.5, 0.6) is 0 Å². The Kier molecular flexibility index (Phi) is 4.79. The third kappa shape index (κ3) is 3.69. The van der Waals surface area contributed by atoms with Gasteiger partial charge in [-0.1, -0.05) is 44.5 Å².